The molecule has 0 aromatic rings. The van der Waals surface area contributed by atoms with Crippen LogP contribution in [0.15, 0.2) is 0 Å². The van der Waals surface area contributed by atoms with Crippen molar-refractivity contribution in [2.24, 2.45) is 0 Å². The van der Waals surface area contributed by atoms with E-state index in [-0.39, 0.29) is 6.42 Å². The lowest BCUT2D eigenvalue weighted by atomic mass is 9.68. The van der Waals surface area contributed by atoms with Crippen LogP contribution in [0.5, 0.6) is 0 Å². The van der Waals surface area contributed by atoms with Gasteiger partial charge in [0.2, 0.25) is 11.2 Å². The van der Waals surface area contributed by atoms with Crippen LogP contribution in [-0.4, -0.2) is 157 Å². The first-order chi connectivity index (χ1) is 21.9. The molecule has 0 aromatic carbocycles. The van der Waals surface area contributed by atoms with E-state index in [9.17, 15) is 88.8 Å². The van der Waals surface area contributed by atoms with Gasteiger partial charge in [0.05, 0.1) is 0 Å². The summed E-state index contributed by atoms with van der Waals surface area (Å²) in [6, 6.07) is 0. The van der Waals surface area contributed by atoms with Crippen molar-refractivity contribution in [2.75, 3.05) is 0 Å². The third kappa shape index (κ3) is 5.76. The lowest BCUT2D eigenvalue weighted by Crippen LogP contribution is -2.73. The Bertz CT molecular complexity index is 1520. The van der Waals surface area contributed by atoms with Crippen LogP contribution in [0.3, 0.4) is 0 Å². The van der Waals surface area contributed by atoms with E-state index in [4.69, 9.17) is 0 Å². The smallest absolute Gasteiger partial charge is 0.350 e. The lowest BCUT2D eigenvalue weighted by Gasteiger charge is -2.41. The Hall–Kier alpha value is -4.02. The predicted octanol–water partition coefficient (Wildman–Crippen LogP) is -5.97. The summed E-state index contributed by atoms with van der Waals surface area (Å²) in [5, 5.41) is 83.0. The number of aliphatic hydroxyl groups excluding tert-OH is 2. The van der Waals surface area contributed by atoms with Gasteiger partial charge in [-0.2, -0.15) is 0 Å². The number of carbonyl (C=O) groups is 10. The molecule has 2 aliphatic heterocycles. The highest BCUT2D eigenvalue weighted by Crippen LogP contribution is 2.45. The maximum atomic E-state index is 12.0. The lowest BCUT2D eigenvalue weighted by molar-refractivity contribution is -0.209. The Morgan fingerprint density at radius 3 is 1.10 bits per heavy atom. The van der Waals surface area contributed by atoms with Gasteiger partial charge in [0.25, 0.3) is 11.2 Å². The van der Waals surface area contributed by atoms with Crippen molar-refractivity contribution in [3.8, 4) is 0 Å². The van der Waals surface area contributed by atoms with E-state index in [2.05, 4.69) is 9.47 Å². The second-order valence-electron chi connectivity index (χ2n) is 11.7. The maximum Gasteiger partial charge on any atom is 0.350 e. The second-order valence-corrected chi connectivity index (χ2v) is 11.7. The molecule has 0 saturated carbocycles. The minimum atomic E-state index is -3.41. The molecule has 2 unspecified atom stereocenters. The Morgan fingerprint density at radius 2 is 0.898 bits per heavy atom. The van der Waals surface area contributed by atoms with Crippen LogP contribution >= 0.6 is 0 Å². The van der Waals surface area contributed by atoms with Gasteiger partial charge < -0.3 is 50.3 Å². The third-order valence-electron chi connectivity index (χ3n) is 8.79. The molecule has 49 heavy (non-hydrogen) atoms. The zero-order valence-corrected chi connectivity index (χ0v) is 27.5. The van der Waals surface area contributed by atoms with Crippen molar-refractivity contribution < 1.29 is 98.3 Å². The molecule has 0 amide bonds. The van der Waals surface area contributed by atoms with E-state index in [0.717, 1.165) is 6.92 Å². The molecule has 0 bridgehead atoms. The van der Waals surface area contributed by atoms with E-state index in [0.29, 0.717) is 41.5 Å². The average Bonchev–Trinajstić information content (AvgIpc) is 3.36. The van der Waals surface area contributed by atoms with Crippen LogP contribution in [0.2, 0.25) is 0 Å². The largest absolute Gasteiger partial charge is 0.452 e. The van der Waals surface area contributed by atoms with Crippen LogP contribution in [0.25, 0.3) is 0 Å². The van der Waals surface area contributed by atoms with Gasteiger partial charge in [-0.25, -0.2) is 9.59 Å². The molecule has 2 fully saturated rings. The SMILES string of the molecule is CC(=O)C(O)[C@](O)(C(C)=O)[C@@H]1OC(=O)[C@@](O)(C(C)=O)[C@]1(O)C(C)=O.CCC(=O)C(O)[C@](O)(C(C)=O)[C@@H]1OC(=O)[C@@](O)(C(C)=O)[C@]1(O)C(C)=O. The van der Waals surface area contributed by atoms with Gasteiger partial charge >= 0.3 is 11.9 Å². The number of hydrogen-bond donors (Lipinski definition) is 8. The summed E-state index contributed by atoms with van der Waals surface area (Å²) in [6.45, 7) is 6.21. The highest BCUT2D eigenvalue weighted by Gasteiger charge is 2.80. The van der Waals surface area contributed by atoms with E-state index in [1.165, 1.54) is 6.92 Å². The Balaban J connectivity index is 0.000000490. The van der Waals surface area contributed by atoms with Gasteiger partial charge in [-0.15, -0.1) is 0 Å². The topological polar surface area (TPSA) is 351 Å². The van der Waals surface area contributed by atoms with Crippen molar-refractivity contribution in [1.82, 2.24) is 0 Å². The normalized spacial score (nSPS) is 32.9. The first-order valence-corrected chi connectivity index (χ1v) is 14.1. The Kier molecular flexibility index (Phi) is 12.0. The second kappa shape index (κ2) is 13.7. The third-order valence-corrected chi connectivity index (χ3v) is 8.79. The van der Waals surface area contributed by atoms with Gasteiger partial charge in [0.15, 0.2) is 81.9 Å². The van der Waals surface area contributed by atoms with Gasteiger partial charge in [-0.1, -0.05) is 6.92 Å². The van der Waals surface area contributed by atoms with E-state index >= 15 is 0 Å². The molecule has 20 nitrogen and oxygen atoms in total. The number of carbonyl (C=O) groups excluding carboxylic acids is 10. The highest BCUT2D eigenvalue weighted by atomic mass is 16.6. The summed E-state index contributed by atoms with van der Waals surface area (Å²) < 4.78 is 9.14. The molecule has 10 atom stereocenters. The molecule has 2 aliphatic rings. The minimum Gasteiger partial charge on any atom is -0.452 e. The maximum absolute atomic E-state index is 12.0. The van der Waals surface area contributed by atoms with Gasteiger partial charge in [0.1, 0.15) is 0 Å². The summed E-state index contributed by atoms with van der Waals surface area (Å²) in [5.74, 6) is -14.0. The molecule has 0 spiro atoms. The summed E-state index contributed by atoms with van der Waals surface area (Å²) in [7, 11) is 0. The zero-order chi connectivity index (χ0) is 39.2. The fourth-order valence-electron chi connectivity index (χ4n) is 5.56. The first-order valence-electron chi connectivity index (χ1n) is 14.1. The molecule has 2 heterocycles. The van der Waals surface area contributed by atoms with Crippen molar-refractivity contribution in [1.29, 1.82) is 0 Å². The van der Waals surface area contributed by atoms with Gasteiger partial charge in [-0.05, 0) is 48.5 Å². The summed E-state index contributed by atoms with van der Waals surface area (Å²) in [4.78, 5) is 118. The van der Waals surface area contributed by atoms with E-state index in [1.807, 2.05) is 0 Å². The number of esters is 2. The number of rotatable bonds is 13. The van der Waals surface area contributed by atoms with Crippen LogP contribution in [0.1, 0.15) is 61.8 Å². The quantitative estimate of drug-likeness (QED) is 0.0652. The minimum absolute atomic E-state index is 0.340. The number of Topliss-reactive ketones (excluding diaryl/α,β-unsaturated/α-hetero) is 8. The summed E-state index contributed by atoms with van der Waals surface area (Å²) in [6.07, 6.45) is -10.5. The molecule has 0 aromatic heterocycles. The zero-order valence-electron chi connectivity index (χ0n) is 27.5. The molecule has 0 radical (unpaired) electrons. The standard InChI is InChI=1S/C15H20O10.C14H18O10/c1-5-9(19)10(20)13(22,6(2)16)11-14(23,7(3)17)15(24,8(4)18)12(21)25-11;1-5(15)9(19)12(21,6(2)16)10-13(22,7(3)17)14(23,8(4)18)11(20)24-10/h10-11,20,22-24H,5H2,1-4H3;9-10,19,21-23H,1-4H3/t10?,11-,13+,14-,15-;9?,10-,12+,13-,14-/m00/s1. The van der Waals surface area contributed by atoms with Gasteiger partial charge in [0, 0.05) is 6.42 Å². The monoisotopic (exact) mass is 706 g/mol. The average molecular weight is 707 g/mol. The number of aliphatic hydroxyl groups is 8. The number of ketones is 8. The van der Waals surface area contributed by atoms with Crippen LogP contribution in [-0.2, 0) is 57.4 Å². The summed E-state index contributed by atoms with van der Waals surface area (Å²) in [5.41, 5.74) is -20.1. The Labute approximate surface area is 276 Å². The van der Waals surface area contributed by atoms with Crippen LogP contribution in [0, 0.1) is 0 Å². The van der Waals surface area contributed by atoms with Crippen LogP contribution in [0.4, 0.5) is 0 Å². The number of ether oxygens (including phenoxy) is 2. The molecule has 2 saturated heterocycles. The highest BCUT2D eigenvalue weighted by molar-refractivity contribution is 6.17. The van der Waals surface area contributed by atoms with Crippen molar-refractivity contribution in [2.45, 2.75) is 120 Å². The fraction of sp³-hybridized carbons (Fsp3) is 0.655. The molecule has 20 heteroatoms. The Morgan fingerprint density at radius 1 is 0.612 bits per heavy atom. The van der Waals surface area contributed by atoms with E-state index < -0.39 is 116 Å². The van der Waals surface area contributed by atoms with Crippen molar-refractivity contribution in [3.05, 3.63) is 0 Å². The number of cyclic esters (lactones) is 2. The van der Waals surface area contributed by atoms with Gasteiger partial charge in [-0.3, -0.25) is 38.4 Å². The molecular formula is C29H38O20. The molecule has 2 rings (SSSR count). The van der Waals surface area contributed by atoms with Crippen molar-refractivity contribution >= 4 is 58.2 Å². The van der Waals surface area contributed by atoms with E-state index in [1.54, 1.807) is 0 Å². The fourth-order valence-corrected chi connectivity index (χ4v) is 5.56. The molecule has 0 aliphatic carbocycles. The van der Waals surface area contributed by atoms with Crippen molar-refractivity contribution in [3.63, 3.8) is 0 Å². The van der Waals surface area contributed by atoms with Crippen LogP contribution < -0.4 is 0 Å². The number of hydrogen-bond acceptors (Lipinski definition) is 20. The molecule has 8 N–H and O–H groups in total. The predicted molar refractivity (Wildman–Crippen MR) is 152 cm³/mol. The molecule has 274 valence electrons. The molecular weight excluding hydrogens is 668 g/mol. The summed E-state index contributed by atoms with van der Waals surface area (Å²) >= 11 is 0. The first kappa shape index (κ1) is 43.0.